The maximum Gasteiger partial charge on any atom is 0.330 e. The first-order chi connectivity index (χ1) is 18.5. The van der Waals surface area contributed by atoms with E-state index in [9.17, 15) is 41.5 Å². The van der Waals surface area contributed by atoms with Gasteiger partial charge in [0, 0.05) is 11.8 Å². The van der Waals surface area contributed by atoms with Crippen LogP contribution in [-0.4, -0.2) is 47.2 Å². The third-order valence-corrected chi connectivity index (χ3v) is 5.18. The number of halogens is 4. The van der Waals surface area contributed by atoms with Gasteiger partial charge in [0.15, 0.2) is 24.0 Å². The van der Waals surface area contributed by atoms with Crippen molar-refractivity contribution in [2.24, 2.45) is 0 Å². The lowest BCUT2D eigenvalue weighted by Crippen LogP contribution is -2.49. The number of ketones is 1. The van der Waals surface area contributed by atoms with E-state index in [1.807, 2.05) is 26.1 Å². The highest BCUT2D eigenvalue weighted by atomic mass is 19.2. The van der Waals surface area contributed by atoms with Crippen LogP contribution < -0.4 is 20.7 Å². The van der Waals surface area contributed by atoms with Crippen molar-refractivity contribution in [1.82, 2.24) is 10.6 Å². The smallest absolute Gasteiger partial charge is 0.330 e. The average molecular weight is 567 g/mol. The largest absolute Gasteiger partial charge is 0.479 e. The summed E-state index contributed by atoms with van der Waals surface area (Å²) in [6.07, 6.45) is 0.215. The first kappa shape index (κ1) is 31.5. The van der Waals surface area contributed by atoms with E-state index >= 15 is 0 Å². The fourth-order valence-corrected chi connectivity index (χ4v) is 3.20. The molecule has 0 spiro atoms. The Balaban J connectivity index is 2.08. The standard InChI is InChI=1S/C26H25F4N3O7/c1-12(31-24(38)25(39)32-16-8-6-5-7-13(16)26(2,3)4)23(37)33-17(10-19(35)36)18(34)11-40-22-20(29)14(27)9-15(28)21(22)30/h5-10,12H,11H2,1-4H3,(H,31,38)(H,32,39)(H,33,37)(H,35,36)/b17-10+/t12-/m0/s1. The lowest BCUT2D eigenvalue weighted by atomic mass is 9.86. The van der Waals surface area contributed by atoms with Crippen molar-refractivity contribution in [3.63, 3.8) is 0 Å². The number of benzene rings is 2. The van der Waals surface area contributed by atoms with Gasteiger partial charge >= 0.3 is 17.8 Å². The van der Waals surface area contributed by atoms with Crippen LogP contribution in [0.15, 0.2) is 42.1 Å². The van der Waals surface area contributed by atoms with Gasteiger partial charge in [0.05, 0.1) is 11.8 Å². The second kappa shape index (κ2) is 12.9. The number of carbonyl (C=O) groups excluding carboxylic acids is 4. The van der Waals surface area contributed by atoms with Crippen molar-refractivity contribution >= 4 is 35.2 Å². The molecular weight excluding hydrogens is 542 g/mol. The number of carboxylic acids is 1. The Morgan fingerprint density at radius 1 is 0.975 bits per heavy atom. The highest BCUT2D eigenvalue weighted by Crippen LogP contribution is 2.29. The van der Waals surface area contributed by atoms with Crippen molar-refractivity contribution in [3.8, 4) is 5.75 Å². The van der Waals surface area contributed by atoms with E-state index in [1.165, 1.54) is 0 Å². The van der Waals surface area contributed by atoms with Crippen molar-refractivity contribution in [2.45, 2.75) is 39.2 Å². The predicted octanol–water partition coefficient (Wildman–Crippen LogP) is 2.72. The van der Waals surface area contributed by atoms with Crippen LogP contribution in [0, 0.1) is 23.3 Å². The Morgan fingerprint density at radius 3 is 2.10 bits per heavy atom. The SMILES string of the molecule is C[C@H](NC(=O)C(=O)Nc1ccccc1C(C)(C)C)C(=O)N/C(=C/C(=O)O)C(=O)COc1c(F)c(F)cc(F)c1F. The molecule has 0 saturated heterocycles. The minimum Gasteiger partial charge on any atom is -0.479 e. The molecule has 0 aliphatic rings. The van der Waals surface area contributed by atoms with E-state index in [-0.39, 0.29) is 17.6 Å². The zero-order valence-corrected chi connectivity index (χ0v) is 21.7. The van der Waals surface area contributed by atoms with Gasteiger partial charge in [-0.25, -0.2) is 13.6 Å². The molecule has 0 fully saturated rings. The minimum absolute atomic E-state index is 0.0887. The van der Waals surface area contributed by atoms with Crippen LogP contribution in [0.5, 0.6) is 5.75 Å². The van der Waals surface area contributed by atoms with Crippen molar-refractivity contribution < 1.29 is 51.4 Å². The Kier molecular flexibility index (Phi) is 10.1. The average Bonchev–Trinajstić information content (AvgIpc) is 2.86. The topological polar surface area (TPSA) is 151 Å². The number of amides is 3. The van der Waals surface area contributed by atoms with Gasteiger partial charge in [-0.3, -0.25) is 19.2 Å². The molecule has 3 amide bonds. The number of ether oxygens (including phenoxy) is 1. The first-order valence-corrected chi connectivity index (χ1v) is 11.5. The van der Waals surface area contributed by atoms with Crippen LogP contribution >= 0.6 is 0 Å². The molecular formula is C26H25F4N3O7. The number of nitrogens with one attached hydrogen (secondary N) is 3. The lowest BCUT2D eigenvalue weighted by Gasteiger charge is -2.23. The molecule has 0 aromatic heterocycles. The van der Waals surface area contributed by atoms with Crippen LogP contribution in [0.2, 0.25) is 0 Å². The summed E-state index contributed by atoms with van der Waals surface area (Å²) in [5, 5.41) is 15.4. The van der Waals surface area contributed by atoms with Crippen molar-refractivity contribution in [3.05, 3.63) is 70.9 Å². The van der Waals surface area contributed by atoms with E-state index in [1.54, 1.807) is 24.3 Å². The molecule has 0 aliphatic heterocycles. The fourth-order valence-electron chi connectivity index (χ4n) is 3.20. The number of carbonyl (C=O) groups is 5. The Morgan fingerprint density at radius 2 is 1.55 bits per heavy atom. The zero-order chi connectivity index (χ0) is 30.4. The third-order valence-electron chi connectivity index (χ3n) is 5.18. The Hall–Kier alpha value is -4.75. The van der Waals surface area contributed by atoms with Crippen LogP contribution in [0.3, 0.4) is 0 Å². The number of para-hydroxylation sites is 1. The summed E-state index contributed by atoms with van der Waals surface area (Å²) in [6, 6.07) is 5.15. The molecule has 1 atom stereocenters. The van der Waals surface area contributed by atoms with Gasteiger partial charge in [-0.15, -0.1) is 0 Å². The molecule has 2 rings (SSSR count). The maximum absolute atomic E-state index is 13.8. The van der Waals surface area contributed by atoms with Gasteiger partial charge in [-0.05, 0) is 24.0 Å². The van der Waals surface area contributed by atoms with Crippen LogP contribution in [0.1, 0.15) is 33.3 Å². The number of hydrogen-bond acceptors (Lipinski definition) is 6. The number of anilines is 1. The summed E-state index contributed by atoms with van der Waals surface area (Å²) in [5.74, 6) is -15.7. The summed E-state index contributed by atoms with van der Waals surface area (Å²) >= 11 is 0. The summed E-state index contributed by atoms with van der Waals surface area (Å²) in [4.78, 5) is 60.8. The number of hydrogen-bond donors (Lipinski definition) is 4. The summed E-state index contributed by atoms with van der Waals surface area (Å²) in [5.41, 5.74) is -0.251. The van der Waals surface area contributed by atoms with Crippen LogP contribution in [-0.2, 0) is 29.4 Å². The van der Waals surface area contributed by atoms with Gasteiger partial charge in [0.1, 0.15) is 6.04 Å². The molecule has 10 nitrogen and oxygen atoms in total. The quantitative estimate of drug-likeness (QED) is 0.157. The van der Waals surface area contributed by atoms with E-state index in [0.29, 0.717) is 5.69 Å². The summed E-state index contributed by atoms with van der Waals surface area (Å²) in [6.45, 7) is 5.45. The second-order valence-corrected chi connectivity index (χ2v) is 9.34. The lowest BCUT2D eigenvalue weighted by molar-refractivity contribution is -0.137. The second-order valence-electron chi connectivity index (χ2n) is 9.34. The molecule has 0 radical (unpaired) electrons. The molecule has 0 bridgehead atoms. The molecule has 0 aliphatic carbocycles. The molecule has 2 aromatic carbocycles. The summed E-state index contributed by atoms with van der Waals surface area (Å²) in [7, 11) is 0. The summed E-state index contributed by atoms with van der Waals surface area (Å²) < 4.78 is 58.7. The highest BCUT2D eigenvalue weighted by Gasteiger charge is 2.26. The number of aliphatic carboxylic acids is 1. The number of rotatable bonds is 9. The molecule has 214 valence electrons. The number of carboxylic acid groups (broad SMARTS) is 1. The molecule has 40 heavy (non-hydrogen) atoms. The Labute approximate surface area is 225 Å². The van der Waals surface area contributed by atoms with E-state index < -0.39 is 76.8 Å². The minimum atomic E-state index is -1.95. The van der Waals surface area contributed by atoms with Crippen LogP contribution in [0.25, 0.3) is 0 Å². The van der Waals surface area contributed by atoms with Crippen molar-refractivity contribution in [2.75, 3.05) is 11.9 Å². The molecule has 2 aromatic rings. The van der Waals surface area contributed by atoms with Gasteiger partial charge in [0.25, 0.3) is 0 Å². The van der Waals surface area contributed by atoms with E-state index in [0.717, 1.165) is 12.5 Å². The Bertz CT molecular complexity index is 1360. The van der Waals surface area contributed by atoms with Gasteiger partial charge in [-0.2, -0.15) is 8.78 Å². The third kappa shape index (κ3) is 8.12. The van der Waals surface area contributed by atoms with E-state index in [4.69, 9.17) is 5.11 Å². The normalized spacial score (nSPS) is 12.2. The predicted molar refractivity (Wildman–Crippen MR) is 132 cm³/mol. The number of Topliss-reactive ketones (excluding diaryl/α,β-unsaturated/α-hetero) is 1. The zero-order valence-electron chi connectivity index (χ0n) is 21.7. The molecule has 14 heteroatoms. The van der Waals surface area contributed by atoms with Gasteiger partial charge in [-0.1, -0.05) is 39.0 Å². The van der Waals surface area contributed by atoms with E-state index in [2.05, 4.69) is 15.4 Å². The highest BCUT2D eigenvalue weighted by molar-refractivity contribution is 6.40. The monoisotopic (exact) mass is 567 g/mol. The van der Waals surface area contributed by atoms with Crippen molar-refractivity contribution in [1.29, 1.82) is 0 Å². The van der Waals surface area contributed by atoms with Crippen LogP contribution in [0.4, 0.5) is 23.2 Å². The van der Waals surface area contributed by atoms with Gasteiger partial charge < -0.3 is 25.8 Å². The maximum atomic E-state index is 13.8. The first-order valence-electron chi connectivity index (χ1n) is 11.5. The molecule has 0 heterocycles. The fraction of sp³-hybridized carbons (Fsp3) is 0.269. The molecule has 4 N–H and O–H groups in total. The molecule has 0 unspecified atom stereocenters. The molecule has 0 saturated carbocycles. The van der Waals surface area contributed by atoms with Gasteiger partial charge in [0.2, 0.25) is 23.3 Å².